The average molecular weight is 235 g/mol. The van der Waals surface area contributed by atoms with Crippen LogP contribution in [0.3, 0.4) is 0 Å². The maximum absolute atomic E-state index is 11.0. The standard InChI is InChI=1S/C14H21NO2/c1-3-15(12-13(2)16)10-7-11-17-14-8-5-4-6-9-14/h4-6,8-9H,3,7,10-12H2,1-2H3. The average Bonchev–Trinajstić information content (AvgIpc) is 2.34. The van der Waals surface area contributed by atoms with Gasteiger partial charge in [-0.15, -0.1) is 0 Å². The number of likely N-dealkylation sites (N-methyl/N-ethyl adjacent to an activating group) is 1. The SMILES string of the molecule is CCN(CCCOc1ccccc1)CC(C)=O. The van der Waals surface area contributed by atoms with E-state index in [1.54, 1.807) is 6.92 Å². The van der Waals surface area contributed by atoms with E-state index in [0.29, 0.717) is 13.2 Å². The van der Waals surface area contributed by atoms with E-state index >= 15 is 0 Å². The van der Waals surface area contributed by atoms with Crippen LogP contribution in [0.5, 0.6) is 5.75 Å². The molecule has 0 aromatic heterocycles. The molecule has 0 aliphatic heterocycles. The molecule has 0 fully saturated rings. The minimum Gasteiger partial charge on any atom is -0.494 e. The summed E-state index contributed by atoms with van der Waals surface area (Å²) in [5.41, 5.74) is 0. The molecular formula is C14H21NO2. The van der Waals surface area contributed by atoms with Gasteiger partial charge in [0, 0.05) is 6.54 Å². The summed E-state index contributed by atoms with van der Waals surface area (Å²) in [7, 11) is 0. The number of rotatable bonds is 8. The molecule has 1 rings (SSSR count). The Morgan fingerprint density at radius 3 is 2.59 bits per heavy atom. The highest BCUT2D eigenvalue weighted by molar-refractivity contribution is 5.77. The van der Waals surface area contributed by atoms with Crippen molar-refractivity contribution in [3.05, 3.63) is 30.3 Å². The Kier molecular flexibility index (Phi) is 6.33. The minimum absolute atomic E-state index is 0.218. The van der Waals surface area contributed by atoms with Crippen LogP contribution in [-0.2, 0) is 4.79 Å². The summed E-state index contributed by atoms with van der Waals surface area (Å²) < 4.78 is 5.59. The van der Waals surface area contributed by atoms with Crippen LogP contribution >= 0.6 is 0 Å². The molecule has 3 heteroatoms. The van der Waals surface area contributed by atoms with Crippen LogP contribution < -0.4 is 4.74 Å². The summed E-state index contributed by atoms with van der Waals surface area (Å²) in [6.45, 7) is 6.75. The van der Waals surface area contributed by atoms with Gasteiger partial charge in [-0.3, -0.25) is 9.69 Å². The Morgan fingerprint density at radius 2 is 2.00 bits per heavy atom. The van der Waals surface area contributed by atoms with Crippen LogP contribution in [0.2, 0.25) is 0 Å². The van der Waals surface area contributed by atoms with Crippen molar-refractivity contribution in [2.75, 3.05) is 26.2 Å². The summed E-state index contributed by atoms with van der Waals surface area (Å²) in [4.78, 5) is 13.1. The van der Waals surface area contributed by atoms with Gasteiger partial charge in [0.15, 0.2) is 0 Å². The van der Waals surface area contributed by atoms with Gasteiger partial charge in [0.25, 0.3) is 0 Å². The highest BCUT2D eigenvalue weighted by atomic mass is 16.5. The van der Waals surface area contributed by atoms with E-state index in [9.17, 15) is 4.79 Å². The van der Waals surface area contributed by atoms with E-state index in [1.165, 1.54) is 0 Å². The number of para-hydroxylation sites is 1. The van der Waals surface area contributed by atoms with E-state index in [0.717, 1.165) is 25.3 Å². The number of Topliss-reactive ketones (excluding diaryl/α,β-unsaturated/α-hetero) is 1. The number of hydrogen-bond acceptors (Lipinski definition) is 3. The van der Waals surface area contributed by atoms with Crippen molar-refractivity contribution in [1.29, 1.82) is 0 Å². The second kappa shape index (κ2) is 7.85. The van der Waals surface area contributed by atoms with Gasteiger partial charge in [-0.25, -0.2) is 0 Å². The van der Waals surface area contributed by atoms with Crippen LogP contribution in [-0.4, -0.2) is 36.9 Å². The van der Waals surface area contributed by atoms with Crippen LogP contribution in [0.25, 0.3) is 0 Å². The van der Waals surface area contributed by atoms with Crippen molar-refractivity contribution in [3.8, 4) is 5.75 Å². The molecule has 0 heterocycles. The summed E-state index contributed by atoms with van der Waals surface area (Å²) in [5.74, 6) is 1.12. The Bertz CT molecular complexity index is 324. The Balaban J connectivity index is 2.16. The lowest BCUT2D eigenvalue weighted by Gasteiger charge is -2.18. The lowest BCUT2D eigenvalue weighted by molar-refractivity contribution is -0.118. The fourth-order valence-corrected chi connectivity index (χ4v) is 1.66. The first-order valence-electron chi connectivity index (χ1n) is 6.12. The lowest BCUT2D eigenvalue weighted by atomic mass is 10.3. The number of benzene rings is 1. The molecule has 0 bridgehead atoms. The third kappa shape index (κ3) is 6.07. The number of nitrogens with zero attached hydrogens (tertiary/aromatic N) is 1. The van der Waals surface area contributed by atoms with Crippen LogP contribution in [0.15, 0.2) is 30.3 Å². The molecule has 0 saturated carbocycles. The highest BCUT2D eigenvalue weighted by Gasteiger charge is 2.04. The number of carbonyl (C=O) groups is 1. The van der Waals surface area contributed by atoms with E-state index < -0.39 is 0 Å². The Morgan fingerprint density at radius 1 is 1.29 bits per heavy atom. The summed E-state index contributed by atoms with van der Waals surface area (Å²) in [6.07, 6.45) is 0.940. The fourth-order valence-electron chi connectivity index (χ4n) is 1.66. The van der Waals surface area contributed by atoms with Crippen LogP contribution in [0.4, 0.5) is 0 Å². The number of carbonyl (C=O) groups excluding carboxylic acids is 1. The quantitative estimate of drug-likeness (QED) is 0.648. The van der Waals surface area contributed by atoms with Gasteiger partial charge < -0.3 is 4.74 Å². The first-order valence-corrected chi connectivity index (χ1v) is 6.12. The molecular weight excluding hydrogens is 214 g/mol. The van der Waals surface area contributed by atoms with Crippen molar-refractivity contribution in [2.45, 2.75) is 20.3 Å². The largest absolute Gasteiger partial charge is 0.494 e. The summed E-state index contributed by atoms with van der Waals surface area (Å²) in [6, 6.07) is 9.80. The molecule has 0 radical (unpaired) electrons. The first kappa shape index (κ1) is 13.7. The zero-order chi connectivity index (χ0) is 12.5. The Hall–Kier alpha value is -1.35. The van der Waals surface area contributed by atoms with Crippen molar-refractivity contribution in [1.82, 2.24) is 4.90 Å². The molecule has 0 aliphatic rings. The van der Waals surface area contributed by atoms with Gasteiger partial charge in [-0.1, -0.05) is 25.1 Å². The molecule has 3 nitrogen and oxygen atoms in total. The van der Waals surface area contributed by atoms with Gasteiger partial charge in [0.2, 0.25) is 0 Å². The number of ketones is 1. The van der Waals surface area contributed by atoms with Gasteiger partial charge >= 0.3 is 0 Å². The van der Waals surface area contributed by atoms with Gasteiger partial charge in [0.05, 0.1) is 13.2 Å². The second-order valence-corrected chi connectivity index (χ2v) is 4.09. The highest BCUT2D eigenvalue weighted by Crippen LogP contribution is 2.08. The lowest BCUT2D eigenvalue weighted by Crippen LogP contribution is -2.30. The van der Waals surface area contributed by atoms with E-state index in [-0.39, 0.29) is 5.78 Å². The molecule has 0 amide bonds. The normalized spacial score (nSPS) is 10.5. The molecule has 0 saturated heterocycles. The monoisotopic (exact) mass is 235 g/mol. The number of hydrogen-bond donors (Lipinski definition) is 0. The number of ether oxygens (including phenoxy) is 1. The summed E-state index contributed by atoms with van der Waals surface area (Å²) in [5, 5.41) is 0. The molecule has 0 unspecified atom stereocenters. The van der Waals surface area contributed by atoms with Crippen molar-refractivity contribution in [2.24, 2.45) is 0 Å². The van der Waals surface area contributed by atoms with Crippen LogP contribution in [0.1, 0.15) is 20.3 Å². The van der Waals surface area contributed by atoms with Crippen molar-refractivity contribution >= 4 is 5.78 Å². The van der Waals surface area contributed by atoms with Crippen molar-refractivity contribution < 1.29 is 9.53 Å². The molecule has 94 valence electrons. The van der Waals surface area contributed by atoms with Crippen LogP contribution in [0, 0.1) is 0 Å². The third-order valence-corrected chi connectivity index (χ3v) is 2.52. The van der Waals surface area contributed by atoms with E-state index in [2.05, 4.69) is 11.8 Å². The molecule has 0 atom stereocenters. The fraction of sp³-hybridized carbons (Fsp3) is 0.500. The molecule has 17 heavy (non-hydrogen) atoms. The topological polar surface area (TPSA) is 29.5 Å². The second-order valence-electron chi connectivity index (χ2n) is 4.09. The summed E-state index contributed by atoms with van der Waals surface area (Å²) >= 11 is 0. The smallest absolute Gasteiger partial charge is 0.143 e. The van der Waals surface area contributed by atoms with E-state index in [4.69, 9.17) is 4.74 Å². The predicted octanol–water partition coefficient (Wildman–Crippen LogP) is 2.37. The van der Waals surface area contributed by atoms with Gasteiger partial charge in [0.1, 0.15) is 11.5 Å². The molecule has 1 aromatic carbocycles. The Labute approximate surface area is 103 Å². The molecule has 0 N–H and O–H groups in total. The zero-order valence-electron chi connectivity index (χ0n) is 10.7. The molecule has 1 aromatic rings. The van der Waals surface area contributed by atoms with Gasteiger partial charge in [-0.2, -0.15) is 0 Å². The van der Waals surface area contributed by atoms with E-state index in [1.807, 2.05) is 30.3 Å². The zero-order valence-corrected chi connectivity index (χ0v) is 10.7. The third-order valence-electron chi connectivity index (χ3n) is 2.52. The minimum atomic E-state index is 0.218. The maximum Gasteiger partial charge on any atom is 0.143 e. The molecule has 0 aliphatic carbocycles. The predicted molar refractivity (Wildman–Crippen MR) is 69.3 cm³/mol. The molecule has 0 spiro atoms. The first-order chi connectivity index (χ1) is 8.22. The van der Waals surface area contributed by atoms with Gasteiger partial charge in [-0.05, 0) is 32.0 Å². The maximum atomic E-state index is 11.0. The van der Waals surface area contributed by atoms with Crippen molar-refractivity contribution in [3.63, 3.8) is 0 Å².